The number of allylic oxidation sites excluding steroid dienone is 4. The fraction of sp³-hybridized carbons (Fsp3) is 0.267. The van der Waals surface area contributed by atoms with Gasteiger partial charge in [-0.25, -0.2) is 11.6 Å². The van der Waals surface area contributed by atoms with E-state index in [4.69, 9.17) is 5.11 Å². The summed E-state index contributed by atoms with van der Waals surface area (Å²) in [5, 5.41) is 8.99. The van der Waals surface area contributed by atoms with Crippen molar-refractivity contribution in [2.75, 3.05) is 0 Å². The molecule has 0 bridgehead atoms. The number of phenols is 1. The summed E-state index contributed by atoms with van der Waals surface area (Å²) < 4.78 is 0. The number of benzene rings is 1. The van der Waals surface area contributed by atoms with E-state index in [-0.39, 0.29) is 24.8 Å². The minimum Gasteiger partial charge on any atom is -1.00 e. The average molecular weight is 334 g/mol. The SMILES string of the molecule is CC1=[C-]CC=C1.Cc1cc(C)cc(O)c1.[CH2]=[Ti+].[Cl-].[Cl-]. The van der Waals surface area contributed by atoms with Gasteiger partial charge in [0.25, 0.3) is 0 Å². The van der Waals surface area contributed by atoms with Gasteiger partial charge in [-0.3, -0.25) is 6.08 Å². The number of hydrogen-bond acceptors (Lipinski definition) is 1. The first kappa shape index (κ1) is 23.7. The van der Waals surface area contributed by atoms with Crippen molar-refractivity contribution in [2.45, 2.75) is 27.2 Å². The van der Waals surface area contributed by atoms with Crippen LogP contribution in [0.15, 0.2) is 35.9 Å². The largest absolute Gasteiger partial charge is 1.00 e. The molecule has 0 saturated heterocycles. The summed E-state index contributed by atoms with van der Waals surface area (Å²) >= 11 is 1.75. The van der Waals surface area contributed by atoms with Gasteiger partial charge >= 0.3 is 24.8 Å². The standard InChI is InChI=1S/C8H10O.C6H7.CH2.2ClH.Ti/c1-6-3-7(2)5-8(9)4-6;1-6-4-2-3-5-6;;;;/h3-5,9H,1-2H3;2,4H,3H2,1H3;1H2;2*1H;/q;-1;;;;+1/p-2. The Morgan fingerprint density at radius 3 is 1.74 bits per heavy atom. The summed E-state index contributed by atoms with van der Waals surface area (Å²) in [6.45, 7) is 5.99. The summed E-state index contributed by atoms with van der Waals surface area (Å²) in [7, 11) is 0. The molecule has 2 rings (SSSR count). The Bertz CT molecular complexity index is 361. The minimum atomic E-state index is 0. The van der Waals surface area contributed by atoms with Gasteiger partial charge in [-0.05, 0) is 37.1 Å². The number of hydrogen-bond donors (Lipinski definition) is 1. The second-order valence-electron chi connectivity index (χ2n) is 3.81. The van der Waals surface area contributed by atoms with Crippen LogP contribution in [0.4, 0.5) is 0 Å². The summed E-state index contributed by atoms with van der Waals surface area (Å²) in [4.78, 5) is 3.25. The maximum atomic E-state index is 8.99. The minimum absolute atomic E-state index is 0. The van der Waals surface area contributed by atoms with Crippen LogP contribution in [0.2, 0.25) is 0 Å². The number of aryl methyl sites for hydroxylation is 2. The zero-order valence-corrected chi connectivity index (χ0v) is 14.6. The summed E-state index contributed by atoms with van der Waals surface area (Å²) in [5.74, 6) is 0.354. The maximum absolute atomic E-state index is 8.99. The molecule has 0 heterocycles. The van der Waals surface area contributed by atoms with Gasteiger partial charge < -0.3 is 29.9 Å². The van der Waals surface area contributed by atoms with Crippen LogP contribution >= 0.6 is 0 Å². The molecule has 1 aliphatic carbocycles. The first-order valence-electron chi connectivity index (χ1n) is 5.44. The Kier molecular flexibility index (Phi) is 17.6. The van der Waals surface area contributed by atoms with Crippen molar-refractivity contribution in [3.05, 3.63) is 53.1 Å². The second kappa shape index (κ2) is 14.1. The molecule has 4 heteroatoms. The molecular formula is C15H19Cl2OTi-2. The molecule has 1 aromatic rings. The van der Waals surface area contributed by atoms with Crippen LogP contribution in [0.1, 0.15) is 24.5 Å². The molecule has 105 valence electrons. The van der Waals surface area contributed by atoms with Crippen molar-refractivity contribution in [1.29, 1.82) is 0 Å². The van der Waals surface area contributed by atoms with Crippen LogP contribution in [0, 0.1) is 19.9 Å². The molecule has 0 spiro atoms. The molecule has 0 aliphatic heterocycles. The molecule has 19 heavy (non-hydrogen) atoms. The van der Waals surface area contributed by atoms with E-state index in [9.17, 15) is 0 Å². The third-order valence-corrected chi connectivity index (χ3v) is 2.07. The number of phenolic OH excluding ortho intramolecular Hbond substituents is 1. The fourth-order valence-electron chi connectivity index (χ4n) is 1.47. The Hall–Kier alpha value is -0.336. The van der Waals surface area contributed by atoms with Crippen molar-refractivity contribution in [3.8, 4) is 5.75 Å². The van der Waals surface area contributed by atoms with Crippen molar-refractivity contribution in [3.63, 3.8) is 0 Å². The summed E-state index contributed by atoms with van der Waals surface area (Å²) in [6.07, 6.45) is 8.33. The Morgan fingerprint density at radius 1 is 1.05 bits per heavy atom. The van der Waals surface area contributed by atoms with E-state index in [1.54, 1.807) is 32.1 Å². The second-order valence-corrected chi connectivity index (χ2v) is 3.81. The predicted octanol–water partition coefficient (Wildman–Crippen LogP) is -2.32. The van der Waals surface area contributed by atoms with Gasteiger partial charge in [0.15, 0.2) is 0 Å². The molecule has 1 nitrogen and oxygen atoms in total. The zero-order chi connectivity index (χ0) is 13.3. The first-order chi connectivity index (χ1) is 8.08. The van der Waals surface area contributed by atoms with Crippen LogP contribution in [0.25, 0.3) is 0 Å². The fourth-order valence-corrected chi connectivity index (χ4v) is 1.47. The smallest absolute Gasteiger partial charge is 1.00 e. The van der Waals surface area contributed by atoms with Gasteiger partial charge in [0.2, 0.25) is 0 Å². The molecule has 0 radical (unpaired) electrons. The van der Waals surface area contributed by atoms with E-state index in [0.717, 1.165) is 17.5 Å². The molecule has 1 N–H and O–H groups in total. The Balaban J connectivity index is -0.000000227. The van der Waals surface area contributed by atoms with Gasteiger partial charge in [-0.15, -0.1) is 6.42 Å². The van der Waals surface area contributed by atoms with Crippen molar-refractivity contribution >= 4 is 4.82 Å². The van der Waals surface area contributed by atoms with E-state index >= 15 is 0 Å². The van der Waals surface area contributed by atoms with E-state index in [1.165, 1.54) is 5.57 Å². The average Bonchev–Trinajstić information content (AvgIpc) is 2.71. The molecule has 1 aromatic carbocycles. The van der Waals surface area contributed by atoms with E-state index < -0.39 is 0 Å². The van der Waals surface area contributed by atoms with Crippen LogP contribution in [-0.4, -0.2) is 9.92 Å². The number of aromatic hydroxyl groups is 1. The maximum Gasteiger partial charge on any atom is -1.00 e. The van der Waals surface area contributed by atoms with E-state index in [2.05, 4.69) is 30.0 Å². The van der Waals surface area contributed by atoms with Crippen molar-refractivity contribution in [2.24, 2.45) is 0 Å². The molecule has 0 amide bonds. The topological polar surface area (TPSA) is 20.2 Å². The monoisotopic (exact) mass is 333 g/mol. The van der Waals surface area contributed by atoms with Crippen molar-refractivity contribution < 1.29 is 49.9 Å². The third kappa shape index (κ3) is 12.4. The molecule has 0 atom stereocenters. The van der Waals surface area contributed by atoms with Crippen LogP contribution in [0.3, 0.4) is 0 Å². The van der Waals surface area contributed by atoms with Gasteiger partial charge in [0.05, 0.1) is 0 Å². The normalized spacial score (nSPS) is 10.7. The first-order valence-corrected chi connectivity index (χ1v) is 6.55. The van der Waals surface area contributed by atoms with Gasteiger partial charge in [-0.2, -0.15) is 6.08 Å². The van der Waals surface area contributed by atoms with Gasteiger partial charge in [0, 0.05) is 0 Å². The van der Waals surface area contributed by atoms with Crippen LogP contribution in [0.5, 0.6) is 5.75 Å². The van der Waals surface area contributed by atoms with Gasteiger partial charge in [0.1, 0.15) is 5.75 Å². The van der Waals surface area contributed by atoms with E-state index in [1.807, 2.05) is 19.9 Å². The predicted molar refractivity (Wildman–Crippen MR) is 70.9 cm³/mol. The van der Waals surface area contributed by atoms with E-state index in [0.29, 0.717) is 5.75 Å². The van der Waals surface area contributed by atoms with Crippen LogP contribution < -0.4 is 24.8 Å². The zero-order valence-electron chi connectivity index (χ0n) is 11.5. The summed E-state index contributed by atoms with van der Waals surface area (Å²) in [5.41, 5.74) is 3.48. The van der Waals surface area contributed by atoms with Gasteiger partial charge in [-0.1, -0.05) is 13.0 Å². The molecule has 0 fully saturated rings. The number of rotatable bonds is 0. The molecule has 0 unspecified atom stereocenters. The molecule has 0 saturated carbocycles. The number of halogens is 2. The third-order valence-electron chi connectivity index (χ3n) is 2.07. The molecule has 1 aliphatic rings. The quantitative estimate of drug-likeness (QED) is 0.417. The Labute approximate surface area is 140 Å². The van der Waals surface area contributed by atoms with Crippen LogP contribution in [-0.2, 0) is 20.0 Å². The Morgan fingerprint density at radius 2 is 1.53 bits per heavy atom. The molecular weight excluding hydrogens is 315 g/mol. The molecule has 0 aromatic heterocycles. The summed E-state index contributed by atoms with van der Waals surface area (Å²) in [6, 6.07) is 5.51. The van der Waals surface area contributed by atoms with Crippen molar-refractivity contribution in [1.82, 2.24) is 0 Å².